The van der Waals surface area contributed by atoms with Crippen LogP contribution in [0.4, 0.5) is 5.95 Å². The number of aromatic nitrogens is 2. The second-order valence-electron chi connectivity index (χ2n) is 4.95. The summed E-state index contributed by atoms with van der Waals surface area (Å²) in [7, 11) is 0. The molecule has 0 spiro atoms. The molecule has 4 heteroatoms. The van der Waals surface area contributed by atoms with Crippen molar-refractivity contribution in [2.75, 3.05) is 18.0 Å². The van der Waals surface area contributed by atoms with Gasteiger partial charge in [0.05, 0.1) is 11.2 Å². The highest BCUT2D eigenvalue weighted by molar-refractivity contribution is 5.81. The molecule has 0 aliphatic carbocycles. The monoisotopic (exact) mass is 242 g/mol. The second-order valence-corrected chi connectivity index (χ2v) is 4.95. The number of rotatable bonds is 1. The van der Waals surface area contributed by atoms with E-state index >= 15 is 0 Å². The van der Waals surface area contributed by atoms with Crippen molar-refractivity contribution in [2.24, 2.45) is 5.73 Å². The van der Waals surface area contributed by atoms with Gasteiger partial charge in [0.1, 0.15) is 0 Å². The molecule has 1 aliphatic heterocycles. The van der Waals surface area contributed by atoms with Crippen molar-refractivity contribution >= 4 is 16.9 Å². The Hall–Kier alpha value is -1.68. The summed E-state index contributed by atoms with van der Waals surface area (Å²) >= 11 is 0. The molecule has 0 amide bonds. The predicted octanol–water partition coefficient (Wildman–Crippen LogP) is 1.87. The highest BCUT2D eigenvalue weighted by atomic mass is 15.3. The molecule has 4 nitrogen and oxygen atoms in total. The van der Waals surface area contributed by atoms with E-state index in [4.69, 9.17) is 5.73 Å². The summed E-state index contributed by atoms with van der Waals surface area (Å²) < 4.78 is 0. The first kappa shape index (κ1) is 11.4. The maximum absolute atomic E-state index is 5.93. The molecule has 0 unspecified atom stereocenters. The van der Waals surface area contributed by atoms with Crippen LogP contribution in [-0.2, 0) is 0 Å². The Morgan fingerprint density at radius 1 is 1.17 bits per heavy atom. The van der Waals surface area contributed by atoms with E-state index in [1.165, 1.54) is 0 Å². The van der Waals surface area contributed by atoms with Gasteiger partial charge in [-0.3, -0.25) is 0 Å². The summed E-state index contributed by atoms with van der Waals surface area (Å²) in [5.41, 5.74) is 8.00. The minimum Gasteiger partial charge on any atom is -0.341 e. The van der Waals surface area contributed by atoms with Crippen LogP contribution in [-0.4, -0.2) is 29.1 Å². The Morgan fingerprint density at radius 3 is 2.67 bits per heavy atom. The van der Waals surface area contributed by atoms with Crippen LogP contribution in [0.25, 0.3) is 10.9 Å². The van der Waals surface area contributed by atoms with Crippen molar-refractivity contribution in [3.05, 3.63) is 30.0 Å². The van der Waals surface area contributed by atoms with E-state index in [9.17, 15) is 0 Å². The van der Waals surface area contributed by atoms with E-state index in [0.717, 1.165) is 48.5 Å². The fourth-order valence-corrected chi connectivity index (χ4v) is 2.46. The standard InChI is InChI=1S/C14H18N4/c1-10-12-4-2-3-5-13(12)17-14(16-10)18-8-6-11(15)7-9-18/h2-5,11H,6-9,15H2,1H3. The lowest BCUT2D eigenvalue weighted by atomic mass is 10.1. The molecule has 0 bridgehead atoms. The predicted molar refractivity (Wildman–Crippen MR) is 73.7 cm³/mol. The molecule has 0 radical (unpaired) electrons. The number of nitrogens with zero attached hydrogens (tertiary/aromatic N) is 3. The van der Waals surface area contributed by atoms with Crippen molar-refractivity contribution in [2.45, 2.75) is 25.8 Å². The zero-order valence-electron chi connectivity index (χ0n) is 10.6. The van der Waals surface area contributed by atoms with E-state index in [1.807, 2.05) is 25.1 Å². The van der Waals surface area contributed by atoms with Crippen LogP contribution in [0.2, 0.25) is 0 Å². The normalized spacial score (nSPS) is 17.3. The van der Waals surface area contributed by atoms with Gasteiger partial charge in [-0.2, -0.15) is 0 Å². The topological polar surface area (TPSA) is 55.0 Å². The lowest BCUT2D eigenvalue weighted by Crippen LogP contribution is -2.40. The van der Waals surface area contributed by atoms with Gasteiger partial charge in [-0.25, -0.2) is 9.97 Å². The summed E-state index contributed by atoms with van der Waals surface area (Å²) in [5, 5.41) is 1.13. The summed E-state index contributed by atoms with van der Waals surface area (Å²) in [6.07, 6.45) is 2.05. The summed E-state index contributed by atoms with van der Waals surface area (Å²) in [6.45, 7) is 3.96. The van der Waals surface area contributed by atoms with E-state index < -0.39 is 0 Å². The van der Waals surface area contributed by atoms with E-state index in [1.54, 1.807) is 0 Å². The lowest BCUT2D eigenvalue weighted by molar-refractivity contribution is 0.496. The number of nitrogens with two attached hydrogens (primary N) is 1. The van der Waals surface area contributed by atoms with Crippen LogP contribution < -0.4 is 10.6 Å². The molecule has 1 saturated heterocycles. The lowest BCUT2D eigenvalue weighted by Gasteiger charge is -2.30. The summed E-state index contributed by atoms with van der Waals surface area (Å²) in [6, 6.07) is 8.50. The SMILES string of the molecule is Cc1nc(N2CCC(N)CC2)nc2ccccc12. The van der Waals surface area contributed by atoms with Crippen molar-refractivity contribution in [1.82, 2.24) is 9.97 Å². The maximum Gasteiger partial charge on any atom is 0.226 e. The third kappa shape index (κ3) is 2.04. The van der Waals surface area contributed by atoms with Crippen LogP contribution in [0.1, 0.15) is 18.5 Å². The number of hydrogen-bond donors (Lipinski definition) is 1. The highest BCUT2D eigenvalue weighted by Crippen LogP contribution is 2.21. The number of anilines is 1. The third-order valence-electron chi connectivity index (χ3n) is 3.60. The van der Waals surface area contributed by atoms with Crippen molar-refractivity contribution in [3.63, 3.8) is 0 Å². The molecule has 18 heavy (non-hydrogen) atoms. The Labute approximate surface area is 107 Å². The molecule has 2 aromatic rings. The van der Waals surface area contributed by atoms with Gasteiger partial charge in [-0.05, 0) is 25.8 Å². The minimum atomic E-state index is 0.336. The highest BCUT2D eigenvalue weighted by Gasteiger charge is 2.18. The first-order valence-electron chi connectivity index (χ1n) is 6.48. The maximum atomic E-state index is 5.93. The van der Waals surface area contributed by atoms with Gasteiger partial charge in [0.2, 0.25) is 5.95 Å². The molecule has 1 aromatic carbocycles. The Kier molecular flexibility index (Phi) is 2.88. The molecule has 1 aliphatic rings. The largest absolute Gasteiger partial charge is 0.341 e. The zero-order chi connectivity index (χ0) is 12.5. The first-order valence-corrected chi connectivity index (χ1v) is 6.48. The van der Waals surface area contributed by atoms with Crippen LogP contribution in [0, 0.1) is 6.92 Å². The summed E-state index contributed by atoms with van der Waals surface area (Å²) in [4.78, 5) is 11.5. The molecular weight excluding hydrogens is 224 g/mol. The number of aryl methyl sites for hydroxylation is 1. The molecule has 1 fully saturated rings. The molecule has 3 rings (SSSR count). The fraction of sp³-hybridized carbons (Fsp3) is 0.429. The number of hydrogen-bond acceptors (Lipinski definition) is 4. The van der Waals surface area contributed by atoms with E-state index in [2.05, 4.69) is 20.9 Å². The van der Waals surface area contributed by atoms with Crippen LogP contribution in [0.3, 0.4) is 0 Å². The van der Waals surface area contributed by atoms with Gasteiger partial charge in [-0.15, -0.1) is 0 Å². The quantitative estimate of drug-likeness (QED) is 0.829. The number of fused-ring (bicyclic) bond motifs is 1. The van der Waals surface area contributed by atoms with Crippen LogP contribution in [0.5, 0.6) is 0 Å². The zero-order valence-corrected chi connectivity index (χ0v) is 10.6. The van der Waals surface area contributed by atoms with Gasteiger partial charge in [0.25, 0.3) is 0 Å². The van der Waals surface area contributed by atoms with Crippen LogP contribution in [0.15, 0.2) is 24.3 Å². The van der Waals surface area contributed by atoms with Gasteiger partial charge in [0.15, 0.2) is 0 Å². The smallest absolute Gasteiger partial charge is 0.226 e. The van der Waals surface area contributed by atoms with E-state index in [0.29, 0.717) is 6.04 Å². The Balaban J connectivity index is 1.97. The molecule has 1 aromatic heterocycles. The Bertz CT molecular complexity index is 559. The van der Waals surface area contributed by atoms with Crippen molar-refractivity contribution in [1.29, 1.82) is 0 Å². The molecule has 94 valence electrons. The van der Waals surface area contributed by atoms with Crippen molar-refractivity contribution in [3.8, 4) is 0 Å². The number of piperidine rings is 1. The molecule has 2 N–H and O–H groups in total. The van der Waals surface area contributed by atoms with Gasteiger partial charge in [0, 0.05) is 24.5 Å². The van der Waals surface area contributed by atoms with Gasteiger partial charge in [-0.1, -0.05) is 18.2 Å². The molecule has 2 heterocycles. The van der Waals surface area contributed by atoms with Crippen molar-refractivity contribution < 1.29 is 0 Å². The fourth-order valence-electron chi connectivity index (χ4n) is 2.46. The number of benzene rings is 1. The first-order chi connectivity index (χ1) is 8.74. The molecular formula is C14H18N4. The van der Waals surface area contributed by atoms with Gasteiger partial charge < -0.3 is 10.6 Å². The van der Waals surface area contributed by atoms with Gasteiger partial charge >= 0.3 is 0 Å². The van der Waals surface area contributed by atoms with Crippen LogP contribution >= 0.6 is 0 Å². The number of para-hydroxylation sites is 1. The Morgan fingerprint density at radius 2 is 1.89 bits per heavy atom. The molecule has 0 atom stereocenters. The molecule has 0 saturated carbocycles. The van der Waals surface area contributed by atoms with E-state index in [-0.39, 0.29) is 0 Å². The minimum absolute atomic E-state index is 0.336. The summed E-state index contributed by atoms with van der Waals surface area (Å²) in [5.74, 6) is 0.845. The average molecular weight is 242 g/mol. The average Bonchev–Trinajstić information content (AvgIpc) is 2.39. The third-order valence-corrected chi connectivity index (χ3v) is 3.60. The second kappa shape index (κ2) is 4.53.